The van der Waals surface area contributed by atoms with Crippen LogP contribution >= 0.6 is 0 Å². The van der Waals surface area contributed by atoms with Gasteiger partial charge in [0, 0.05) is 11.8 Å². The number of nitrogens with one attached hydrogen (secondary N) is 1. The predicted octanol–water partition coefficient (Wildman–Crippen LogP) is 4.43. The SMILES string of the molecule is C[C@H](NC(=O)CC1(C(=O)O)CCCCCC1)c1cc2ccccc2o1. The lowest BCUT2D eigenvalue weighted by Crippen LogP contribution is -2.38. The van der Waals surface area contributed by atoms with E-state index in [1.165, 1.54) is 0 Å². The fourth-order valence-corrected chi connectivity index (χ4v) is 3.76. The van der Waals surface area contributed by atoms with Crippen molar-refractivity contribution in [3.8, 4) is 0 Å². The van der Waals surface area contributed by atoms with Gasteiger partial charge in [0.05, 0.1) is 11.5 Å². The summed E-state index contributed by atoms with van der Waals surface area (Å²) in [6.07, 6.45) is 5.03. The van der Waals surface area contributed by atoms with Gasteiger partial charge in [0.15, 0.2) is 0 Å². The maximum Gasteiger partial charge on any atom is 0.310 e. The van der Waals surface area contributed by atoms with Crippen LogP contribution in [0.3, 0.4) is 0 Å². The van der Waals surface area contributed by atoms with Gasteiger partial charge in [0.1, 0.15) is 11.3 Å². The lowest BCUT2D eigenvalue weighted by Gasteiger charge is -2.27. The van der Waals surface area contributed by atoms with Gasteiger partial charge in [-0.25, -0.2) is 0 Å². The molecule has 1 aliphatic rings. The summed E-state index contributed by atoms with van der Waals surface area (Å²) < 4.78 is 5.78. The molecule has 2 aromatic rings. The molecule has 25 heavy (non-hydrogen) atoms. The van der Waals surface area contributed by atoms with Gasteiger partial charge in [-0.15, -0.1) is 0 Å². The number of hydrogen-bond donors (Lipinski definition) is 2. The molecule has 1 aromatic carbocycles. The summed E-state index contributed by atoms with van der Waals surface area (Å²) >= 11 is 0. The van der Waals surface area contributed by atoms with E-state index in [4.69, 9.17) is 4.42 Å². The quantitative estimate of drug-likeness (QED) is 0.787. The first kappa shape index (κ1) is 17.5. The smallest absolute Gasteiger partial charge is 0.310 e. The Bertz CT molecular complexity index is 723. The Kier molecular flexibility index (Phi) is 5.11. The fraction of sp³-hybridized carbons (Fsp3) is 0.500. The first-order chi connectivity index (χ1) is 12.0. The molecule has 5 nitrogen and oxygen atoms in total. The van der Waals surface area contributed by atoms with E-state index in [2.05, 4.69) is 5.32 Å². The first-order valence-electron chi connectivity index (χ1n) is 9.01. The van der Waals surface area contributed by atoms with E-state index in [-0.39, 0.29) is 18.4 Å². The average Bonchev–Trinajstić information content (AvgIpc) is 2.87. The number of carboxylic acids is 1. The molecule has 1 aromatic heterocycles. The molecule has 1 fully saturated rings. The Morgan fingerprint density at radius 3 is 2.52 bits per heavy atom. The number of aliphatic carboxylic acids is 1. The van der Waals surface area contributed by atoms with Crippen LogP contribution in [0.1, 0.15) is 63.7 Å². The number of benzene rings is 1. The summed E-state index contributed by atoms with van der Waals surface area (Å²) in [4.78, 5) is 24.4. The minimum atomic E-state index is -0.922. The van der Waals surface area contributed by atoms with Crippen molar-refractivity contribution < 1.29 is 19.1 Å². The summed E-state index contributed by atoms with van der Waals surface area (Å²) in [6, 6.07) is 9.31. The van der Waals surface area contributed by atoms with Crippen LogP contribution in [-0.4, -0.2) is 17.0 Å². The van der Waals surface area contributed by atoms with Crippen LogP contribution in [0.25, 0.3) is 11.0 Å². The molecule has 0 bridgehead atoms. The number of rotatable bonds is 5. The van der Waals surface area contributed by atoms with E-state index < -0.39 is 11.4 Å². The fourth-order valence-electron chi connectivity index (χ4n) is 3.76. The molecule has 0 saturated heterocycles. The number of furan rings is 1. The van der Waals surface area contributed by atoms with Crippen molar-refractivity contribution in [1.29, 1.82) is 0 Å². The summed E-state index contributed by atoms with van der Waals surface area (Å²) in [5.74, 6) is -0.391. The van der Waals surface area contributed by atoms with Gasteiger partial charge in [-0.1, -0.05) is 43.9 Å². The van der Waals surface area contributed by atoms with Crippen molar-refractivity contribution >= 4 is 22.8 Å². The molecule has 0 unspecified atom stereocenters. The van der Waals surface area contributed by atoms with Crippen molar-refractivity contribution in [3.63, 3.8) is 0 Å². The van der Waals surface area contributed by atoms with Gasteiger partial charge < -0.3 is 14.8 Å². The Labute approximate surface area is 147 Å². The van der Waals surface area contributed by atoms with Gasteiger partial charge in [-0.2, -0.15) is 0 Å². The van der Waals surface area contributed by atoms with E-state index in [1.807, 2.05) is 37.3 Å². The molecular formula is C20H25NO4. The third-order valence-electron chi connectivity index (χ3n) is 5.26. The Morgan fingerprint density at radius 2 is 1.88 bits per heavy atom. The number of hydrogen-bond acceptors (Lipinski definition) is 3. The monoisotopic (exact) mass is 343 g/mol. The molecule has 5 heteroatoms. The van der Waals surface area contributed by atoms with E-state index in [1.54, 1.807) is 0 Å². The van der Waals surface area contributed by atoms with Crippen LogP contribution < -0.4 is 5.32 Å². The zero-order valence-electron chi connectivity index (χ0n) is 14.6. The summed E-state index contributed by atoms with van der Waals surface area (Å²) in [7, 11) is 0. The van der Waals surface area contributed by atoms with Crippen LogP contribution in [0.2, 0.25) is 0 Å². The minimum absolute atomic E-state index is 0.0346. The number of carbonyl (C=O) groups is 2. The predicted molar refractivity (Wildman–Crippen MR) is 95.2 cm³/mol. The topological polar surface area (TPSA) is 79.5 Å². The molecular weight excluding hydrogens is 318 g/mol. The molecule has 1 amide bonds. The number of para-hydroxylation sites is 1. The summed E-state index contributed by atoms with van der Waals surface area (Å²) in [5, 5.41) is 13.6. The van der Waals surface area contributed by atoms with Gasteiger partial charge in [-0.05, 0) is 31.9 Å². The van der Waals surface area contributed by atoms with Gasteiger partial charge in [0.25, 0.3) is 0 Å². The molecule has 3 rings (SSSR count). The van der Waals surface area contributed by atoms with Crippen LogP contribution in [-0.2, 0) is 9.59 Å². The summed E-state index contributed by atoms with van der Waals surface area (Å²) in [6.45, 7) is 1.86. The zero-order valence-corrected chi connectivity index (χ0v) is 14.6. The second-order valence-corrected chi connectivity index (χ2v) is 7.15. The zero-order chi connectivity index (χ0) is 17.9. The second kappa shape index (κ2) is 7.30. The third-order valence-corrected chi connectivity index (χ3v) is 5.26. The molecule has 1 atom stereocenters. The lowest BCUT2D eigenvalue weighted by molar-refractivity contribution is -0.153. The van der Waals surface area contributed by atoms with Crippen molar-refractivity contribution in [2.45, 2.75) is 57.9 Å². The van der Waals surface area contributed by atoms with E-state index in [0.29, 0.717) is 18.6 Å². The average molecular weight is 343 g/mol. The number of fused-ring (bicyclic) bond motifs is 1. The molecule has 0 radical (unpaired) electrons. The Balaban J connectivity index is 1.68. The Hall–Kier alpha value is -2.30. The molecule has 1 heterocycles. The molecule has 0 aliphatic heterocycles. The number of carbonyl (C=O) groups excluding carboxylic acids is 1. The van der Waals surface area contributed by atoms with Crippen molar-refractivity contribution in [3.05, 3.63) is 36.1 Å². The van der Waals surface area contributed by atoms with Gasteiger partial charge in [0.2, 0.25) is 5.91 Å². The van der Waals surface area contributed by atoms with Crippen molar-refractivity contribution in [2.24, 2.45) is 5.41 Å². The van der Waals surface area contributed by atoms with Gasteiger partial charge >= 0.3 is 5.97 Å². The molecule has 134 valence electrons. The van der Waals surface area contributed by atoms with Crippen molar-refractivity contribution in [1.82, 2.24) is 5.32 Å². The highest BCUT2D eigenvalue weighted by Crippen LogP contribution is 2.38. The third kappa shape index (κ3) is 3.86. The molecule has 0 spiro atoms. The second-order valence-electron chi connectivity index (χ2n) is 7.15. The van der Waals surface area contributed by atoms with Crippen LogP contribution in [0.5, 0.6) is 0 Å². The van der Waals surface area contributed by atoms with Crippen molar-refractivity contribution in [2.75, 3.05) is 0 Å². The molecule has 2 N–H and O–H groups in total. The first-order valence-corrected chi connectivity index (χ1v) is 9.01. The van der Waals surface area contributed by atoms with Crippen LogP contribution in [0.15, 0.2) is 34.7 Å². The lowest BCUT2D eigenvalue weighted by atomic mass is 9.77. The highest BCUT2D eigenvalue weighted by atomic mass is 16.4. The van der Waals surface area contributed by atoms with Crippen LogP contribution in [0, 0.1) is 5.41 Å². The normalized spacial score (nSPS) is 18.4. The van der Waals surface area contributed by atoms with Gasteiger partial charge in [-0.3, -0.25) is 9.59 Å². The number of carboxylic acid groups (broad SMARTS) is 1. The summed E-state index contributed by atoms with van der Waals surface area (Å²) in [5.41, 5.74) is -0.141. The van der Waals surface area contributed by atoms with E-state index >= 15 is 0 Å². The maximum absolute atomic E-state index is 12.5. The van der Waals surface area contributed by atoms with Crippen LogP contribution in [0.4, 0.5) is 0 Å². The minimum Gasteiger partial charge on any atom is -0.481 e. The highest BCUT2D eigenvalue weighted by Gasteiger charge is 2.40. The van der Waals surface area contributed by atoms with E-state index in [0.717, 1.165) is 36.7 Å². The molecule has 1 aliphatic carbocycles. The standard InChI is InChI=1S/C20H25NO4/c1-14(17-12-15-8-4-5-9-16(15)25-17)21-18(22)13-20(19(23)24)10-6-2-3-7-11-20/h4-5,8-9,12,14H,2-3,6-7,10-11,13H2,1H3,(H,21,22)(H,23,24)/t14-/m0/s1. The maximum atomic E-state index is 12.5. The largest absolute Gasteiger partial charge is 0.481 e. The number of amides is 1. The molecule has 1 saturated carbocycles. The Morgan fingerprint density at radius 1 is 1.20 bits per heavy atom. The van der Waals surface area contributed by atoms with E-state index in [9.17, 15) is 14.7 Å². The highest BCUT2D eigenvalue weighted by molar-refractivity contribution is 5.85.